The highest BCUT2D eigenvalue weighted by Crippen LogP contribution is 2.35. The summed E-state index contributed by atoms with van der Waals surface area (Å²) in [4.78, 5) is 16.4. The van der Waals surface area contributed by atoms with E-state index >= 15 is 0 Å². The molecule has 0 bridgehead atoms. The quantitative estimate of drug-likeness (QED) is 0.199. The molecule has 1 N–H and O–H groups in total. The Labute approximate surface area is 254 Å². The van der Waals surface area contributed by atoms with Crippen LogP contribution in [0.5, 0.6) is 11.5 Å². The van der Waals surface area contributed by atoms with Crippen molar-refractivity contribution in [3.63, 3.8) is 0 Å². The number of methoxy groups -OCH3 is 1. The third-order valence-electron chi connectivity index (χ3n) is 7.80. The van der Waals surface area contributed by atoms with E-state index in [9.17, 15) is 18.3 Å². The molecule has 5 aromatic rings. The van der Waals surface area contributed by atoms with Crippen LogP contribution in [0.2, 0.25) is 5.02 Å². The summed E-state index contributed by atoms with van der Waals surface area (Å²) in [5, 5.41) is 10.2. The van der Waals surface area contributed by atoms with Crippen molar-refractivity contribution in [2.45, 2.75) is 25.5 Å². The maximum atomic E-state index is 12.1. The van der Waals surface area contributed by atoms with Gasteiger partial charge in [-0.05, 0) is 90.7 Å². The molecule has 43 heavy (non-hydrogen) atoms. The number of rotatable bonds is 8. The third-order valence-corrected chi connectivity index (χ3v) is 9.77. The third kappa shape index (κ3) is 6.09. The van der Waals surface area contributed by atoms with Crippen molar-refractivity contribution in [3.05, 3.63) is 101 Å². The fraction of sp³-hybridized carbons (Fsp3) is 0.212. The molecule has 1 fully saturated rings. The van der Waals surface area contributed by atoms with Crippen LogP contribution in [0.3, 0.4) is 0 Å². The lowest BCUT2D eigenvalue weighted by molar-refractivity contribution is 0.0697. The summed E-state index contributed by atoms with van der Waals surface area (Å²) >= 11 is 6.09. The zero-order chi connectivity index (χ0) is 30.1. The van der Waals surface area contributed by atoms with Gasteiger partial charge in [-0.3, -0.25) is 0 Å². The number of carbonyl (C=O) groups is 1. The number of aromatic nitrogens is 2. The van der Waals surface area contributed by atoms with Crippen LogP contribution < -0.4 is 9.47 Å². The molecule has 2 heterocycles. The maximum absolute atomic E-state index is 12.1. The fourth-order valence-electron chi connectivity index (χ4n) is 5.53. The maximum Gasteiger partial charge on any atom is 0.335 e. The number of hydrogen-bond donors (Lipinski definition) is 1. The van der Waals surface area contributed by atoms with Crippen molar-refractivity contribution in [2.75, 3.05) is 18.6 Å². The monoisotopic (exact) mass is 616 g/mol. The highest BCUT2D eigenvalue weighted by Gasteiger charge is 2.28. The van der Waals surface area contributed by atoms with E-state index < -0.39 is 15.8 Å². The Morgan fingerprint density at radius 2 is 1.60 bits per heavy atom. The lowest BCUT2D eigenvalue weighted by Crippen LogP contribution is -2.25. The number of fused-ring (bicyclic) bond motifs is 1. The molecule has 0 spiro atoms. The van der Waals surface area contributed by atoms with Gasteiger partial charge in [0.15, 0.2) is 0 Å². The Morgan fingerprint density at radius 1 is 0.930 bits per heavy atom. The molecule has 0 atom stereocenters. The van der Waals surface area contributed by atoms with Crippen LogP contribution in [0.25, 0.3) is 33.5 Å². The van der Waals surface area contributed by atoms with Gasteiger partial charge in [0.1, 0.15) is 33.8 Å². The molecule has 1 saturated heterocycles. The second-order valence-corrected chi connectivity index (χ2v) is 13.3. The van der Waals surface area contributed by atoms with Gasteiger partial charge in [-0.1, -0.05) is 29.8 Å². The van der Waals surface area contributed by atoms with Gasteiger partial charge < -0.3 is 19.1 Å². The van der Waals surface area contributed by atoms with Crippen LogP contribution in [0.15, 0.2) is 84.9 Å². The van der Waals surface area contributed by atoms with E-state index in [1.54, 1.807) is 25.3 Å². The van der Waals surface area contributed by atoms with Gasteiger partial charge in [-0.25, -0.2) is 18.2 Å². The highest BCUT2D eigenvalue weighted by molar-refractivity contribution is 7.91. The average Bonchev–Trinajstić information content (AvgIpc) is 3.39. The van der Waals surface area contributed by atoms with Crippen molar-refractivity contribution in [2.24, 2.45) is 0 Å². The molecule has 0 radical (unpaired) electrons. The summed E-state index contributed by atoms with van der Waals surface area (Å²) in [6.07, 6.45) is 0.943. The average molecular weight is 617 g/mol. The second kappa shape index (κ2) is 11.7. The summed E-state index contributed by atoms with van der Waals surface area (Å²) < 4.78 is 38.0. The minimum absolute atomic E-state index is 0.0746. The molecule has 1 aromatic heterocycles. The summed E-state index contributed by atoms with van der Waals surface area (Å²) in [5.74, 6) is 1.24. The molecule has 10 heteroatoms. The largest absolute Gasteiger partial charge is 0.497 e. The van der Waals surface area contributed by atoms with Crippen LogP contribution in [0.4, 0.5) is 0 Å². The molecule has 0 amide bonds. The molecular formula is C33H29ClN2O6S. The van der Waals surface area contributed by atoms with Crippen LogP contribution >= 0.6 is 11.6 Å². The van der Waals surface area contributed by atoms with E-state index in [0.717, 1.165) is 33.5 Å². The van der Waals surface area contributed by atoms with Crippen LogP contribution in [-0.2, 0) is 16.4 Å². The number of hydrogen-bond acceptors (Lipinski definition) is 6. The molecule has 1 aliphatic heterocycles. The van der Waals surface area contributed by atoms with Gasteiger partial charge in [0.2, 0.25) is 0 Å². The molecule has 1 aliphatic rings. The molecule has 6 rings (SSSR count). The van der Waals surface area contributed by atoms with Gasteiger partial charge in [-0.15, -0.1) is 0 Å². The topological polar surface area (TPSA) is 108 Å². The first-order valence-electron chi connectivity index (χ1n) is 13.8. The molecule has 0 aliphatic carbocycles. The molecule has 4 aromatic carbocycles. The van der Waals surface area contributed by atoms with E-state index in [0.29, 0.717) is 41.6 Å². The smallest absolute Gasteiger partial charge is 0.335 e. The standard InChI is InChI=1S/C33H29ClN2O6S/c1-41-28-11-12-29(21-2-7-25(34)8-3-21)24(18-28)20-42-27-9-4-22(5-10-27)32-35-30-19-23(33(37)38)6-13-31(30)36(32)26-14-16-43(39,40)17-15-26/h2-13,18-19,26H,14-17,20H2,1H3,(H,37,38). The summed E-state index contributed by atoms with van der Waals surface area (Å²) in [6.45, 7) is 0.307. The van der Waals surface area contributed by atoms with Crippen LogP contribution in [-0.4, -0.2) is 47.7 Å². The van der Waals surface area contributed by atoms with Gasteiger partial charge in [0, 0.05) is 22.2 Å². The summed E-state index contributed by atoms with van der Waals surface area (Å²) in [6, 6.07) is 25.9. The normalized spacial score (nSPS) is 14.9. The zero-order valence-corrected chi connectivity index (χ0v) is 24.9. The molecule has 8 nitrogen and oxygen atoms in total. The minimum Gasteiger partial charge on any atom is -0.497 e. The Kier molecular flexibility index (Phi) is 7.85. The van der Waals surface area contributed by atoms with Crippen molar-refractivity contribution in [3.8, 4) is 34.0 Å². The van der Waals surface area contributed by atoms with Crippen molar-refractivity contribution >= 4 is 38.4 Å². The van der Waals surface area contributed by atoms with Gasteiger partial charge >= 0.3 is 5.97 Å². The molecule has 0 saturated carbocycles. The SMILES string of the molecule is COc1ccc(-c2ccc(Cl)cc2)c(COc2ccc(-c3nc4cc(C(=O)O)ccc4n3C3CCS(=O)(=O)CC3)cc2)c1. The van der Waals surface area contributed by atoms with Gasteiger partial charge in [0.05, 0.1) is 35.2 Å². The lowest BCUT2D eigenvalue weighted by atomic mass is 10.00. The number of sulfone groups is 1. The number of halogens is 1. The number of carboxylic acids is 1. The number of imidazole rings is 1. The van der Waals surface area contributed by atoms with Gasteiger partial charge in [-0.2, -0.15) is 0 Å². The van der Waals surface area contributed by atoms with Crippen LogP contribution in [0, 0.1) is 0 Å². The Balaban J connectivity index is 1.30. The summed E-state index contributed by atoms with van der Waals surface area (Å²) in [7, 11) is -1.43. The number of ether oxygens (including phenoxy) is 2. The highest BCUT2D eigenvalue weighted by atomic mass is 35.5. The summed E-state index contributed by atoms with van der Waals surface area (Å²) in [5.41, 5.74) is 5.27. The first-order chi connectivity index (χ1) is 20.7. The van der Waals surface area contributed by atoms with E-state index in [1.807, 2.05) is 66.7 Å². The number of carboxylic acid groups (broad SMARTS) is 1. The predicted octanol–water partition coefficient (Wildman–Crippen LogP) is 7.06. The Morgan fingerprint density at radius 3 is 2.28 bits per heavy atom. The van der Waals surface area contributed by atoms with E-state index in [4.69, 9.17) is 26.1 Å². The van der Waals surface area contributed by atoms with Crippen LogP contribution in [0.1, 0.15) is 34.8 Å². The minimum atomic E-state index is -3.06. The molecule has 220 valence electrons. The van der Waals surface area contributed by atoms with E-state index in [2.05, 4.69) is 4.57 Å². The molecular weight excluding hydrogens is 588 g/mol. The zero-order valence-electron chi connectivity index (χ0n) is 23.4. The van der Waals surface area contributed by atoms with E-state index in [-0.39, 0.29) is 23.1 Å². The van der Waals surface area contributed by atoms with Crippen molar-refractivity contribution in [1.82, 2.24) is 9.55 Å². The first-order valence-corrected chi connectivity index (χ1v) is 16.0. The van der Waals surface area contributed by atoms with Gasteiger partial charge in [0.25, 0.3) is 0 Å². The Hall–Kier alpha value is -4.34. The van der Waals surface area contributed by atoms with Crippen molar-refractivity contribution in [1.29, 1.82) is 0 Å². The molecule has 0 unspecified atom stereocenters. The number of nitrogens with zero attached hydrogens (tertiary/aromatic N) is 2. The van der Waals surface area contributed by atoms with E-state index in [1.165, 1.54) is 0 Å². The number of aromatic carboxylic acids is 1. The van der Waals surface area contributed by atoms with Crippen molar-refractivity contribution < 1.29 is 27.8 Å². The first kappa shape index (κ1) is 28.8. The number of benzene rings is 4. The Bertz CT molecular complexity index is 1900. The predicted molar refractivity (Wildman–Crippen MR) is 167 cm³/mol. The second-order valence-electron chi connectivity index (χ2n) is 10.5. The fourth-order valence-corrected chi connectivity index (χ4v) is 7.12. The lowest BCUT2D eigenvalue weighted by Gasteiger charge is -2.25.